The van der Waals surface area contributed by atoms with Crippen LogP contribution in [0.15, 0.2) is 48.5 Å². The molecule has 8 heteroatoms. The topological polar surface area (TPSA) is 78.4 Å². The smallest absolute Gasteiger partial charge is 0.416 e. The molecular weight excluding hydrogens is 385 g/mol. The largest absolute Gasteiger partial charge is 0.465 e. The zero-order valence-electron chi connectivity index (χ0n) is 15.5. The van der Waals surface area contributed by atoms with Crippen LogP contribution in [0.1, 0.15) is 41.6 Å². The highest BCUT2D eigenvalue weighted by Gasteiger charge is 2.30. The third-order valence-electron chi connectivity index (χ3n) is 5.08. The Labute approximate surface area is 165 Å². The number of carboxylic acid groups (broad SMARTS) is 1. The Hall–Kier alpha value is -3.03. The van der Waals surface area contributed by atoms with E-state index in [4.69, 9.17) is 5.11 Å². The van der Waals surface area contributed by atoms with Crippen molar-refractivity contribution in [1.29, 1.82) is 0 Å². The minimum atomic E-state index is -4.41. The Kier molecular flexibility index (Phi) is 6.10. The second kappa shape index (κ2) is 8.55. The normalized spacial score (nSPS) is 19.4. The fourth-order valence-corrected chi connectivity index (χ4v) is 3.59. The van der Waals surface area contributed by atoms with Gasteiger partial charge in [0.05, 0.1) is 5.56 Å². The van der Waals surface area contributed by atoms with E-state index in [9.17, 15) is 22.8 Å². The molecule has 1 fully saturated rings. The molecule has 3 rings (SSSR count). The highest BCUT2D eigenvalue weighted by molar-refractivity contribution is 6.01. The number of carbonyl (C=O) groups is 2. The predicted molar refractivity (Wildman–Crippen MR) is 102 cm³/mol. The summed E-state index contributed by atoms with van der Waals surface area (Å²) < 4.78 is 38.4. The van der Waals surface area contributed by atoms with Crippen LogP contribution < -0.4 is 10.6 Å². The monoisotopic (exact) mass is 406 g/mol. The zero-order valence-corrected chi connectivity index (χ0v) is 15.5. The summed E-state index contributed by atoms with van der Waals surface area (Å²) in [6, 6.07) is 11.3. The van der Waals surface area contributed by atoms with Crippen molar-refractivity contribution >= 4 is 12.0 Å². The SMILES string of the molecule is O=C(O)NC1CCC(NC(=O)c2ccccc2-c2ccc(C(F)(F)F)cc2)CC1. The Morgan fingerprint density at radius 2 is 1.41 bits per heavy atom. The van der Waals surface area contributed by atoms with Gasteiger partial charge in [0.1, 0.15) is 0 Å². The second-order valence-electron chi connectivity index (χ2n) is 7.09. The van der Waals surface area contributed by atoms with E-state index < -0.39 is 17.8 Å². The number of rotatable bonds is 4. The van der Waals surface area contributed by atoms with Gasteiger partial charge in [-0.25, -0.2) is 4.79 Å². The first-order chi connectivity index (χ1) is 13.7. The van der Waals surface area contributed by atoms with Gasteiger partial charge in [-0.1, -0.05) is 30.3 Å². The van der Waals surface area contributed by atoms with Crippen molar-refractivity contribution in [1.82, 2.24) is 10.6 Å². The number of alkyl halides is 3. The van der Waals surface area contributed by atoms with E-state index in [-0.39, 0.29) is 18.0 Å². The maximum absolute atomic E-state index is 12.8. The summed E-state index contributed by atoms with van der Waals surface area (Å²) in [5, 5.41) is 14.2. The standard InChI is InChI=1S/C21H21F3N2O3/c22-21(23,24)14-7-5-13(6-8-14)17-3-1-2-4-18(17)19(27)25-15-9-11-16(12-10-15)26-20(28)29/h1-8,15-16,26H,9-12H2,(H,25,27)(H,28,29). The molecule has 2 amide bonds. The Morgan fingerprint density at radius 3 is 1.97 bits per heavy atom. The van der Waals surface area contributed by atoms with Gasteiger partial charge in [0.25, 0.3) is 5.91 Å². The maximum Gasteiger partial charge on any atom is 0.416 e. The number of hydrogen-bond acceptors (Lipinski definition) is 2. The van der Waals surface area contributed by atoms with Crippen molar-refractivity contribution in [2.75, 3.05) is 0 Å². The molecule has 0 spiro atoms. The highest BCUT2D eigenvalue weighted by atomic mass is 19.4. The fourth-order valence-electron chi connectivity index (χ4n) is 3.59. The van der Waals surface area contributed by atoms with Crippen LogP contribution in [0.2, 0.25) is 0 Å². The van der Waals surface area contributed by atoms with Crippen molar-refractivity contribution in [3.05, 3.63) is 59.7 Å². The molecular formula is C21H21F3N2O3. The predicted octanol–water partition coefficient (Wildman–Crippen LogP) is 4.68. The van der Waals surface area contributed by atoms with E-state index in [1.54, 1.807) is 24.3 Å². The molecule has 29 heavy (non-hydrogen) atoms. The van der Waals surface area contributed by atoms with Gasteiger partial charge < -0.3 is 15.7 Å². The molecule has 0 aliphatic heterocycles. The van der Waals surface area contributed by atoms with Crippen LogP contribution in [-0.4, -0.2) is 29.2 Å². The molecule has 2 aromatic rings. The first-order valence-corrected chi connectivity index (χ1v) is 9.31. The lowest BCUT2D eigenvalue weighted by Gasteiger charge is -2.29. The lowest BCUT2D eigenvalue weighted by atomic mass is 9.90. The number of carbonyl (C=O) groups excluding carboxylic acids is 1. The van der Waals surface area contributed by atoms with Gasteiger partial charge in [-0.05, 0) is 55.0 Å². The summed E-state index contributed by atoms with van der Waals surface area (Å²) in [6.07, 6.45) is -2.89. The maximum atomic E-state index is 12.8. The number of halogens is 3. The zero-order chi connectivity index (χ0) is 21.0. The lowest BCUT2D eigenvalue weighted by molar-refractivity contribution is -0.137. The summed E-state index contributed by atoms with van der Waals surface area (Å²) in [6.45, 7) is 0. The van der Waals surface area contributed by atoms with Gasteiger partial charge in [-0.2, -0.15) is 13.2 Å². The summed E-state index contributed by atoms with van der Waals surface area (Å²) >= 11 is 0. The van der Waals surface area contributed by atoms with Crippen molar-refractivity contribution in [3.63, 3.8) is 0 Å². The third-order valence-corrected chi connectivity index (χ3v) is 5.08. The van der Waals surface area contributed by atoms with E-state index in [0.29, 0.717) is 42.4 Å². The molecule has 0 heterocycles. The van der Waals surface area contributed by atoms with Gasteiger partial charge in [-0.3, -0.25) is 4.79 Å². The molecule has 1 aliphatic rings. The second-order valence-corrected chi connectivity index (χ2v) is 7.09. The number of amides is 2. The van der Waals surface area contributed by atoms with Gasteiger partial charge in [-0.15, -0.1) is 0 Å². The molecule has 154 valence electrons. The van der Waals surface area contributed by atoms with Crippen molar-refractivity contribution in [3.8, 4) is 11.1 Å². The first kappa shape index (κ1) is 20.7. The summed E-state index contributed by atoms with van der Waals surface area (Å²) in [5.74, 6) is -0.296. The Bertz CT molecular complexity index is 873. The Morgan fingerprint density at radius 1 is 0.862 bits per heavy atom. The van der Waals surface area contributed by atoms with Crippen LogP contribution in [0.25, 0.3) is 11.1 Å². The van der Waals surface area contributed by atoms with Gasteiger partial charge in [0.2, 0.25) is 0 Å². The summed E-state index contributed by atoms with van der Waals surface area (Å²) in [7, 11) is 0. The third kappa shape index (κ3) is 5.28. The van der Waals surface area contributed by atoms with Crippen molar-refractivity contribution < 1.29 is 27.9 Å². The molecule has 3 N–H and O–H groups in total. The van der Waals surface area contributed by atoms with E-state index in [0.717, 1.165) is 12.1 Å². The molecule has 1 aliphatic carbocycles. The number of hydrogen-bond donors (Lipinski definition) is 3. The molecule has 1 saturated carbocycles. The van der Waals surface area contributed by atoms with Crippen LogP contribution in [0, 0.1) is 0 Å². The molecule has 5 nitrogen and oxygen atoms in total. The minimum Gasteiger partial charge on any atom is -0.465 e. The molecule has 2 aromatic carbocycles. The van der Waals surface area contributed by atoms with Crippen LogP contribution in [0.4, 0.5) is 18.0 Å². The van der Waals surface area contributed by atoms with Crippen molar-refractivity contribution in [2.24, 2.45) is 0 Å². The Balaban J connectivity index is 1.70. The average Bonchev–Trinajstić information content (AvgIpc) is 2.68. The van der Waals surface area contributed by atoms with E-state index >= 15 is 0 Å². The number of nitrogens with one attached hydrogen (secondary N) is 2. The molecule has 0 aromatic heterocycles. The summed E-state index contributed by atoms with van der Waals surface area (Å²) in [4.78, 5) is 23.5. The number of benzene rings is 2. The molecule has 0 radical (unpaired) electrons. The van der Waals surface area contributed by atoms with Crippen LogP contribution in [-0.2, 0) is 6.18 Å². The molecule has 0 bridgehead atoms. The van der Waals surface area contributed by atoms with Crippen LogP contribution in [0.5, 0.6) is 0 Å². The van der Waals surface area contributed by atoms with Crippen molar-refractivity contribution in [2.45, 2.75) is 43.9 Å². The molecule has 0 saturated heterocycles. The average molecular weight is 406 g/mol. The quantitative estimate of drug-likeness (QED) is 0.690. The van der Waals surface area contributed by atoms with E-state index in [2.05, 4.69) is 10.6 Å². The van der Waals surface area contributed by atoms with E-state index in [1.807, 2.05) is 0 Å². The van der Waals surface area contributed by atoms with Gasteiger partial charge in [0.15, 0.2) is 0 Å². The minimum absolute atomic E-state index is 0.0741. The van der Waals surface area contributed by atoms with Crippen LogP contribution >= 0.6 is 0 Å². The molecule has 0 atom stereocenters. The van der Waals surface area contributed by atoms with Gasteiger partial charge in [0, 0.05) is 17.6 Å². The van der Waals surface area contributed by atoms with Crippen LogP contribution in [0.3, 0.4) is 0 Å². The van der Waals surface area contributed by atoms with Gasteiger partial charge >= 0.3 is 12.3 Å². The first-order valence-electron chi connectivity index (χ1n) is 9.31. The fraction of sp³-hybridized carbons (Fsp3) is 0.333. The van der Waals surface area contributed by atoms with E-state index in [1.165, 1.54) is 12.1 Å². The lowest BCUT2D eigenvalue weighted by Crippen LogP contribution is -2.43. The molecule has 0 unspecified atom stereocenters. The highest BCUT2D eigenvalue weighted by Crippen LogP contribution is 2.32. The summed E-state index contributed by atoms with van der Waals surface area (Å²) in [5.41, 5.74) is 0.728.